The van der Waals surface area contributed by atoms with Crippen molar-refractivity contribution in [1.82, 2.24) is 4.72 Å². The van der Waals surface area contributed by atoms with E-state index in [0.717, 1.165) is 5.56 Å². The highest BCUT2D eigenvalue weighted by atomic mass is 35.5. The lowest BCUT2D eigenvalue weighted by Crippen LogP contribution is -2.26. The Balaban J connectivity index is 2.22. The molecule has 2 aromatic rings. The molecule has 1 atom stereocenters. The van der Waals surface area contributed by atoms with Crippen LogP contribution in [0.15, 0.2) is 53.4 Å². The summed E-state index contributed by atoms with van der Waals surface area (Å²) in [6.45, 7) is 1.74. The van der Waals surface area contributed by atoms with Crippen molar-refractivity contribution in [3.8, 4) is 5.75 Å². The van der Waals surface area contributed by atoms with E-state index in [4.69, 9.17) is 11.6 Å². The molecule has 0 aliphatic rings. The van der Waals surface area contributed by atoms with E-state index in [1.807, 2.05) is 0 Å². The minimum atomic E-state index is -3.68. The summed E-state index contributed by atoms with van der Waals surface area (Å²) in [5, 5.41) is 9.95. The number of benzene rings is 2. The lowest BCUT2D eigenvalue weighted by molar-refractivity contribution is 0.473. The summed E-state index contributed by atoms with van der Waals surface area (Å²) in [6.07, 6.45) is 0. The molecule has 4 nitrogen and oxygen atoms in total. The van der Waals surface area contributed by atoms with Crippen LogP contribution in [-0.2, 0) is 10.0 Å². The Bertz CT molecular complexity index is 699. The summed E-state index contributed by atoms with van der Waals surface area (Å²) in [5.41, 5.74) is 0.804. The van der Waals surface area contributed by atoms with Gasteiger partial charge in [-0.2, -0.15) is 0 Å². The van der Waals surface area contributed by atoms with Gasteiger partial charge in [-0.1, -0.05) is 29.8 Å². The molecule has 0 amide bonds. The number of phenolic OH excluding ortho intramolecular Hbond substituents is 1. The summed E-state index contributed by atoms with van der Waals surface area (Å²) in [4.78, 5) is 0.0262. The van der Waals surface area contributed by atoms with Gasteiger partial charge in [0.05, 0.1) is 4.90 Å². The van der Waals surface area contributed by atoms with Crippen LogP contribution in [0.1, 0.15) is 18.5 Å². The molecule has 0 heterocycles. The Labute approximate surface area is 123 Å². The Morgan fingerprint density at radius 1 is 1.15 bits per heavy atom. The summed E-state index contributed by atoms with van der Waals surface area (Å²) >= 11 is 5.80. The highest BCUT2D eigenvalue weighted by Gasteiger charge is 2.18. The van der Waals surface area contributed by atoms with Gasteiger partial charge in [0.15, 0.2) is 0 Å². The number of phenols is 1. The first-order valence-electron chi connectivity index (χ1n) is 5.95. The molecule has 0 radical (unpaired) electrons. The predicted molar refractivity (Wildman–Crippen MR) is 78.3 cm³/mol. The second-order valence-corrected chi connectivity index (χ2v) is 6.54. The van der Waals surface area contributed by atoms with Crippen molar-refractivity contribution >= 4 is 21.6 Å². The average molecular weight is 312 g/mol. The number of halogens is 1. The van der Waals surface area contributed by atoms with Crippen molar-refractivity contribution in [2.75, 3.05) is 0 Å². The van der Waals surface area contributed by atoms with Gasteiger partial charge < -0.3 is 5.11 Å². The van der Waals surface area contributed by atoms with Crippen LogP contribution in [0.25, 0.3) is 0 Å². The maximum absolute atomic E-state index is 12.2. The van der Waals surface area contributed by atoms with Crippen LogP contribution in [0.3, 0.4) is 0 Å². The zero-order chi connectivity index (χ0) is 14.8. The molecule has 0 saturated heterocycles. The van der Waals surface area contributed by atoms with E-state index in [1.54, 1.807) is 31.2 Å². The second-order valence-electron chi connectivity index (χ2n) is 4.39. The minimum Gasteiger partial charge on any atom is -0.508 e. The molecule has 106 valence electrons. The smallest absolute Gasteiger partial charge is 0.241 e. The molecular formula is C14H14ClNO3S. The third-order valence-electron chi connectivity index (χ3n) is 2.83. The first kappa shape index (κ1) is 14.8. The van der Waals surface area contributed by atoms with E-state index < -0.39 is 16.1 Å². The number of hydrogen-bond acceptors (Lipinski definition) is 3. The van der Waals surface area contributed by atoms with Crippen LogP contribution >= 0.6 is 11.6 Å². The van der Waals surface area contributed by atoms with Gasteiger partial charge in [0.2, 0.25) is 10.0 Å². The van der Waals surface area contributed by atoms with Crippen molar-refractivity contribution < 1.29 is 13.5 Å². The summed E-state index contributed by atoms with van der Waals surface area (Å²) in [5.74, 6) is -0.0907. The standard InChI is InChI=1S/C14H14ClNO3S/c1-10(11-5-7-12(15)8-6-11)16-20(18,19)14-4-2-3-13(17)9-14/h2-10,16-17H,1H3. The van der Waals surface area contributed by atoms with Gasteiger partial charge in [-0.15, -0.1) is 0 Å². The van der Waals surface area contributed by atoms with Crippen LogP contribution in [0.5, 0.6) is 5.75 Å². The fraction of sp³-hybridized carbons (Fsp3) is 0.143. The summed E-state index contributed by atoms with van der Waals surface area (Å²) in [6, 6.07) is 12.1. The van der Waals surface area contributed by atoms with Crippen molar-refractivity contribution in [1.29, 1.82) is 0 Å². The van der Waals surface area contributed by atoms with Gasteiger partial charge in [0.1, 0.15) is 5.75 Å². The van der Waals surface area contributed by atoms with E-state index in [0.29, 0.717) is 5.02 Å². The minimum absolute atomic E-state index is 0.0262. The van der Waals surface area contributed by atoms with Gasteiger partial charge in [0.25, 0.3) is 0 Å². The van der Waals surface area contributed by atoms with E-state index in [9.17, 15) is 13.5 Å². The number of hydrogen-bond donors (Lipinski definition) is 2. The Morgan fingerprint density at radius 3 is 2.40 bits per heavy atom. The molecule has 0 spiro atoms. The molecule has 2 rings (SSSR count). The van der Waals surface area contributed by atoms with Gasteiger partial charge in [-0.25, -0.2) is 13.1 Å². The largest absolute Gasteiger partial charge is 0.508 e. The topological polar surface area (TPSA) is 66.4 Å². The van der Waals surface area contributed by atoms with Crippen molar-refractivity contribution in [2.45, 2.75) is 17.9 Å². The normalized spacial score (nSPS) is 13.1. The molecule has 1 unspecified atom stereocenters. The zero-order valence-electron chi connectivity index (χ0n) is 10.7. The van der Waals surface area contributed by atoms with Crippen molar-refractivity contribution in [2.24, 2.45) is 0 Å². The van der Waals surface area contributed by atoms with Crippen LogP contribution in [0, 0.1) is 0 Å². The molecule has 0 saturated carbocycles. The van der Waals surface area contributed by atoms with Crippen LogP contribution in [-0.4, -0.2) is 13.5 Å². The van der Waals surface area contributed by atoms with E-state index in [-0.39, 0.29) is 10.6 Å². The van der Waals surface area contributed by atoms with Gasteiger partial charge >= 0.3 is 0 Å². The Morgan fingerprint density at radius 2 is 1.80 bits per heavy atom. The zero-order valence-corrected chi connectivity index (χ0v) is 12.3. The third-order valence-corrected chi connectivity index (χ3v) is 4.62. The highest BCUT2D eigenvalue weighted by Crippen LogP contribution is 2.20. The fourth-order valence-corrected chi connectivity index (χ4v) is 3.17. The maximum atomic E-state index is 12.2. The Hall–Kier alpha value is -1.56. The molecular weight excluding hydrogens is 298 g/mol. The second kappa shape index (κ2) is 5.83. The molecule has 6 heteroatoms. The van der Waals surface area contributed by atoms with Crippen LogP contribution in [0.2, 0.25) is 5.02 Å². The number of aromatic hydroxyl groups is 1. The van der Waals surface area contributed by atoms with Crippen molar-refractivity contribution in [3.05, 3.63) is 59.1 Å². The maximum Gasteiger partial charge on any atom is 0.241 e. The molecule has 0 fully saturated rings. The average Bonchev–Trinajstić information content (AvgIpc) is 2.39. The Kier molecular flexibility index (Phi) is 4.32. The number of nitrogens with one attached hydrogen (secondary N) is 1. The lowest BCUT2D eigenvalue weighted by atomic mass is 10.1. The molecule has 2 N–H and O–H groups in total. The summed E-state index contributed by atoms with van der Waals surface area (Å²) < 4.78 is 26.9. The monoisotopic (exact) mass is 311 g/mol. The molecule has 2 aromatic carbocycles. The van der Waals surface area contributed by atoms with Crippen molar-refractivity contribution in [3.63, 3.8) is 0 Å². The number of sulfonamides is 1. The molecule has 0 bridgehead atoms. The van der Waals surface area contributed by atoms with Crippen LogP contribution < -0.4 is 4.72 Å². The SMILES string of the molecule is CC(NS(=O)(=O)c1cccc(O)c1)c1ccc(Cl)cc1. The third kappa shape index (κ3) is 3.50. The molecule has 20 heavy (non-hydrogen) atoms. The number of rotatable bonds is 4. The molecule has 0 aromatic heterocycles. The predicted octanol–water partition coefficient (Wildman–Crippen LogP) is 3.09. The van der Waals surface area contributed by atoms with Gasteiger partial charge in [-0.3, -0.25) is 0 Å². The fourth-order valence-electron chi connectivity index (χ4n) is 1.77. The summed E-state index contributed by atoms with van der Waals surface area (Å²) in [7, 11) is -3.68. The highest BCUT2D eigenvalue weighted by molar-refractivity contribution is 7.89. The quantitative estimate of drug-likeness (QED) is 0.912. The molecule has 0 aliphatic heterocycles. The first-order valence-corrected chi connectivity index (χ1v) is 7.81. The van der Waals surface area contributed by atoms with E-state index in [2.05, 4.69) is 4.72 Å². The van der Waals surface area contributed by atoms with Crippen LogP contribution in [0.4, 0.5) is 0 Å². The lowest BCUT2D eigenvalue weighted by Gasteiger charge is -2.15. The van der Waals surface area contributed by atoms with E-state index in [1.165, 1.54) is 24.3 Å². The van der Waals surface area contributed by atoms with Gasteiger partial charge in [-0.05, 0) is 42.8 Å². The molecule has 0 aliphatic carbocycles. The van der Waals surface area contributed by atoms with E-state index >= 15 is 0 Å². The first-order chi connectivity index (χ1) is 9.38. The van der Waals surface area contributed by atoms with Gasteiger partial charge in [0, 0.05) is 11.1 Å².